The molecule has 0 bridgehead atoms. The summed E-state index contributed by atoms with van der Waals surface area (Å²) >= 11 is 0. The van der Waals surface area contributed by atoms with Crippen LogP contribution in [0.1, 0.15) is 47.0 Å². The largest absolute Gasteiger partial charge is 0.368 e. The first kappa shape index (κ1) is 11.9. The molecular formula is C10H22O2. The van der Waals surface area contributed by atoms with Crippen LogP contribution in [-0.4, -0.2) is 17.5 Å². The van der Waals surface area contributed by atoms with Gasteiger partial charge in [0, 0.05) is 0 Å². The van der Waals surface area contributed by atoms with Gasteiger partial charge in [0.1, 0.15) is 0 Å². The van der Waals surface area contributed by atoms with Crippen LogP contribution in [0.3, 0.4) is 0 Å². The van der Waals surface area contributed by atoms with Gasteiger partial charge in [-0.25, -0.2) is 0 Å². The standard InChI is InChI=1S/C10H22O2/c1-5-7-9(8(3)4)12-10(11)6-2/h8-11H,5-7H2,1-4H3. The average molecular weight is 174 g/mol. The highest BCUT2D eigenvalue weighted by Gasteiger charge is 2.15. The number of aliphatic hydroxyl groups is 1. The molecule has 0 amide bonds. The first-order valence-corrected chi connectivity index (χ1v) is 4.95. The molecule has 0 aromatic heterocycles. The van der Waals surface area contributed by atoms with E-state index in [1.54, 1.807) is 0 Å². The maximum atomic E-state index is 9.28. The minimum absolute atomic E-state index is 0.213. The van der Waals surface area contributed by atoms with E-state index in [1.807, 2.05) is 6.92 Å². The molecule has 12 heavy (non-hydrogen) atoms. The highest BCUT2D eigenvalue weighted by Crippen LogP contribution is 2.14. The number of ether oxygens (including phenoxy) is 1. The van der Waals surface area contributed by atoms with Gasteiger partial charge in [-0.15, -0.1) is 0 Å². The molecule has 0 heterocycles. The fourth-order valence-electron chi connectivity index (χ4n) is 1.14. The zero-order valence-corrected chi connectivity index (χ0v) is 8.71. The SMILES string of the molecule is CCCC(OC(O)CC)C(C)C. The van der Waals surface area contributed by atoms with Gasteiger partial charge < -0.3 is 9.84 Å². The van der Waals surface area contributed by atoms with E-state index in [-0.39, 0.29) is 6.10 Å². The molecule has 2 heteroatoms. The lowest BCUT2D eigenvalue weighted by Crippen LogP contribution is -2.25. The summed E-state index contributed by atoms with van der Waals surface area (Å²) in [7, 11) is 0. The van der Waals surface area contributed by atoms with Crippen LogP contribution < -0.4 is 0 Å². The van der Waals surface area contributed by atoms with Gasteiger partial charge >= 0.3 is 0 Å². The Morgan fingerprint density at radius 2 is 1.83 bits per heavy atom. The van der Waals surface area contributed by atoms with Crippen molar-refractivity contribution in [1.29, 1.82) is 0 Å². The molecule has 0 aliphatic rings. The average Bonchev–Trinajstić information content (AvgIpc) is 2.03. The lowest BCUT2D eigenvalue weighted by atomic mass is 10.0. The van der Waals surface area contributed by atoms with E-state index >= 15 is 0 Å². The van der Waals surface area contributed by atoms with Gasteiger partial charge in [0.2, 0.25) is 0 Å². The van der Waals surface area contributed by atoms with E-state index in [0.29, 0.717) is 12.3 Å². The smallest absolute Gasteiger partial charge is 0.154 e. The second-order valence-corrected chi connectivity index (χ2v) is 3.57. The summed E-state index contributed by atoms with van der Waals surface area (Å²) in [4.78, 5) is 0. The Bertz CT molecular complexity index is 102. The van der Waals surface area contributed by atoms with Crippen LogP contribution in [0.5, 0.6) is 0 Å². The summed E-state index contributed by atoms with van der Waals surface area (Å²) in [6.07, 6.45) is 2.45. The topological polar surface area (TPSA) is 29.5 Å². The van der Waals surface area contributed by atoms with Crippen LogP contribution in [-0.2, 0) is 4.74 Å². The Balaban J connectivity index is 3.77. The molecule has 2 nitrogen and oxygen atoms in total. The third kappa shape index (κ3) is 4.73. The summed E-state index contributed by atoms with van der Waals surface area (Å²) in [6, 6.07) is 0. The number of hydrogen-bond acceptors (Lipinski definition) is 2. The quantitative estimate of drug-likeness (QED) is 0.627. The molecule has 0 saturated heterocycles. The number of rotatable bonds is 6. The van der Waals surface area contributed by atoms with Gasteiger partial charge in [-0.05, 0) is 18.8 Å². The maximum Gasteiger partial charge on any atom is 0.154 e. The summed E-state index contributed by atoms with van der Waals surface area (Å²) < 4.78 is 5.46. The Morgan fingerprint density at radius 3 is 2.17 bits per heavy atom. The van der Waals surface area contributed by atoms with E-state index in [0.717, 1.165) is 12.8 Å². The van der Waals surface area contributed by atoms with Crippen molar-refractivity contribution in [3.05, 3.63) is 0 Å². The van der Waals surface area contributed by atoms with Crippen LogP contribution >= 0.6 is 0 Å². The van der Waals surface area contributed by atoms with Gasteiger partial charge in [-0.1, -0.05) is 34.1 Å². The minimum atomic E-state index is -0.580. The summed E-state index contributed by atoms with van der Waals surface area (Å²) in [5, 5.41) is 9.28. The number of aliphatic hydroxyl groups excluding tert-OH is 1. The van der Waals surface area contributed by atoms with E-state index < -0.39 is 6.29 Å². The lowest BCUT2D eigenvalue weighted by Gasteiger charge is -2.23. The lowest BCUT2D eigenvalue weighted by molar-refractivity contribution is -0.150. The molecule has 2 unspecified atom stereocenters. The van der Waals surface area contributed by atoms with Gasteiger partial charge in [0.05, 0.1) is 6.10 Å². The Labute approximate surface area is 75.9 Å². The van der Waals surface area contributed by atoms with Crippen LogP contribution in [0, 0.1) is 5.92 Å². The van der Waals surface area contributed by atoms with Gasteiger partial charge in [-0.2, -0.15) is 0 Å². The molecule has 0 saturated carbocycles. The molecule has 2 atom stereocenters. The molecule has 0 aliphatic carbocycles. The van der Waals surface area contributed by atoms with Gasteiger partial charge in [0.25, 0.3) is 0 Å². The summed E-state index contributed by atoms with van der Waals surface area (Å²) in [5.41, 5.74) is 0. The van der Waals surface area contributed by atoms with Crippen LogP contribution in [0.2, 0.25) is 0 Å². The molecule has 0 rings (SSSR count). The van der Waals surface area contributed by atoms with Crippen LogP contribution in [0.15, 0.2) is 0 Å². The van der Waals surface area contributed by atoms with Gasteiger partial charge in [0.15, 0.2) is 6.29 Å². The third-order valence-electron chi connectivity index (χ3n) is 2.00. The molecule has 0 fully saturated rings. The molecule has 0 aliphatic heterocycles. The Kier molecular flexibility index (Phi) is 6.39. The molecule has 0 aromatic rings. The van der Waals surface area contributed by atoms with Crippen molar-refractivity contribution < 1.29 is 9.84 Å². The van der Waals surface area contributed by atoms with E-state index in [1.165, 1.54) is 0 Å². The normalized spacial score (nSPS) is 16.5. The second kappa shape index (κ2) is 6.44. The van der Waals surface area contributed by atoms with Gasteiger partial charge in [-0.3, -0.25) is 0 Å². The number of hydrogen-bond donors (Lipinski definition) is 1. The molecular weight excluding hydrogens is 152 g/mol. The minimum Gasteiger partial charge on any atom is -0.368 e. The van der Waals surface area contributed by atoms with E-state index in [9.17, 15) is 5.11 Å². The van der Waals surface area contributed by atoms with Crippen molar-refractivity contribution in [2.45, 2.75) is 59.4 Å². The van der Waals surface area contributed by atoms with Crippen LogP contribution in [0.4, 0.5) is 0 Å². The van der Waals surface area contributed by atoms with Crippen molar-refractivity contribution in [3.63, 3.8) is 0 Å². The summed E-state index contributed by atoms with van der Waals surface area (Å²) in [6.45, 7) is 8.32. The predicted octanol–water partition coefficient (Wildman–Crippen LogP) is 2.56. The predicted molar refractivity (Wildman–Crippen MR) is 50.9 cm³/mol. The van der Waals surface area contributed by atoms with E-state index in [2.05, 4.69) is 20.8 Å². The fourth-order valence-corrected chi connectivity index (χ4v) is 1.14. The third-order valence-corrected chi connectivity index (χ3v) is 2.00. The molecule has 1 N–H and O–H groups in total. The van der Waals surface area contributed by atoms with Crippen molar-refractivity contribution in [2.24, 2.45) is 5.92 Å². The first-order chi connectivity index (χ1) is 5.61. The zero-order valence-electron chi connectivity index (χ0n) is 8.71. The molecule has 0 spiro atoms. The second-order valence-electron chi connectivity index (χ2n) is 3.57. The Morgan fingerprint density at radius 1 is 1.25 bits per heavy atom. The molecule has 74 valence electrons. The zero-order chi connectivity index (χ0) is 9.56. The summed E-state index contributed by atoms with van der Waals surface area (Å²) in [5.74, 6) is 0.492. The van der Waals surface area contributed by atoms with E-state index in [4.69, 9.17) is 4.74 Å². The van der Waals surface area contributed by atoms with Crippen LogP contribution in [0.25, 0.3) is 0 Å². The molecule has 0 radical (unpaired) electrons. The maximum absolute atomic E-state index is 9.28. The van der Waals surface area contributed by atoms with Crippen molar-refractivity contribution >= 4 is 0 Å². The van der Waals surface area contributed by atoms with Crippen molar-refractivity contribution in [1.82, 2.24) is 0 Å². The highest BCUT2D eigenvalue weighted by atomic mass is 16.6. The van der Waals surface area contributed by atoms with Crippen molar-refractivity contribution in [3.8, 4) is 0 Å². The fraction of sp³-hybridized carbons (Fsp3) is 1.00. The first-order valence-electron chi connectivity index (χ1n) is 4.95. The Hall–Kier alpha value is -0.0800. The monoisotopic (exact) mass is 174 g/mol. The molecule has 0 aromatic carbocycles. The van der Waals surface area contributed by atoms with Crippen molar-refractivity contribution in [2.75, 3.05) is 0 Å². The highest BCUT2D eigenvalue weighted by molar-refractivity contribution is 4.62.